The van der Waals surface area contributed by atoms with E-state index in [9.17, 15) is 8.42 Å². The minimum atomic E-state index is -3.51. The number of benzene rings is 2. The summed E-state index contributed by atoms with van der Waals surface area (Å²) in [6.45, 7) is 2.29. The molecule has 0 heterocycles. The lowest BCUT2D eigenvalue weighted by Gasteiger charge is -2.13. The third kappa shape index (κ3) is 5.15. The van der Waals surface area contributed by atoms with Gasteiger partial charge in [-0.3, -0.25) is 0 Å². The molecule has 0 amide bonds. The van der Waals surface area contributed by atoms with Crippen molar-refractivity contribution in [1.29, 1.82) is 0 Å². The highest BCUT2D eigenvalue weighted by molar-refractivity contribution is 7.89. The molecule has 8 heteroatoms. The number of thiocarbonyl (C=S) groups is 1. The number of methoxy groups -OCH3 is 1. The molecule has 2 aromatic carbocycles. The number of hydrogen-bond acceptors (Lipinski definition) is 4. The van der Waals surface area contributed by atoms with Crippen LogP contribution in [0.4, 0.5) is 5.69 Å². The summed E-state index contributed by atoms with van der Waals surface area (Å²) in [6, 6.07) is 12.7. The lowest BCUT2D eigenvalue weighted by molar-refractivity contribution is 0.414. The first kappa shape index (κ1) is 19.2. The van der Waals surface area contributed by atoms with Gasteiger partial charge >= 0.3 is 0 Å². The Morgan fingerprint density at radius 3 is 2.44 bits per heavy atom. The van der Waals surface area contributed by atoms with Crippen LogP contribution in [0.1, 0.15) is 11.1 Å². The highest BCUT2D eigenvalue weighted by Gasteiger charge is 2.15. The predicted octanol–water partition coefficient (Wildman–Crippen LogP) is 2.40. The fraction of sp³-hybridized carbons (Fsp3) is 0.235. The van der Waals surface area contributed by atoms with Gasteiger partial charge in [0.1, 0.15) is 5.75 Å². The maximum absolute atomic E-state index is 12.0. The second kappa shape index (κ2) is 8.28. The Hall–Kier alpha value is -2.16. The lowest BCUT2D eigenvalue weighted by atomic mass is 10.2. The quantitative estimate of drug-likeness (QED) is 0.669. The molecule has 0 atom stereocenters. The zero-order valence-electron chi connectivity index (χ0n) is 14.3. The van der Waals surface area contributed by atoms with E-state index in [4.69, 9.17) is 17.0 Å². The minimum absolute atomic E-state index is 0.220. The summed E-state index contributed by atoms with van der Waals surface area (Å²) in [5, 5.41) is 6.50. The average molecular weight is 380 g/mol. The van der Waals surface area contributed by atoms with Crippen molar-refractivity contribution >= 4 is 33.0 Å². The van der Waals surface area contributed by atoms with Crippen LogP contribution in [0.25, 0.3) is 0 Å². The summed E-state index contributed by atoms with van der Waals surface area (Å²) in [5.41, 5.74) is 2.32. The van der Waals surface area contributed by atoms with Crippen LogP contribution in [-0.4, -0.2) is 27.7 Å². The standard InChI is InChI=1S/C17H21N3O3S2/c1-12-4-7-14(10-16(12)25(21,22)18-2)20-17(24)19-11-13-5-8-15(23-3)9-6-13/h4-10,18H,11H2,1-3H3,(H2,19,20,24). The maximum atomic E-state index is 12.0. The van der Waals surface area contributed by atoms with Gasteiger partial charge in [0, 0.05) is 12.2 Å². The summed E-state index contributed by atoms with van der Waals surface area (Å²) in [6.07, 6.45) is 0. The van der Waals surface area contributed by atoms with E-state index < -0.39 is 10.0 Å². The predicted molar refractivity (Wildman–Crippen MR) is 103 cm³/mol. The van der Waals surface area contributed by atoms with Gasteiger partial charge in [-0.25, -0.2) is 13.1 Å². The fourth-order valence-electron chi connectivity index (χ4n) is 2.18. The number of hydrogen-bond donors (Lipinski definition) is 3. The monoisotopic (exact) mass is 379 g/mol. The largest absolute Gasteiger partial charge is 0.497 e. The Labute approximate surface area is 153 Å². The second-order valence-corrected chi connectivity index (χ2v) is 7.61. The van der Waals surface area contributed by atoms with Crippen LogP contribution >= 0.6 is 12.2 Å². The molecule has 0 saturated carbocycles. The van der Waals surface area contributed by atoms with E-state index >= 15 is 0 Å². The van der Waals surface area contributed by atoms with Gasteiger partial charge < -0.3 is 15.4 Å². The van der Waals surface area contributed by atoms with E-state index in [1.54, 1.807) is 32.2 Å². The molecular formula is C17H21N3O3S2. The Morgan fingerprint density at radius 1 is 1.16 bits per heavy atom. The van der Waals surface area contributed by atoms with Crippen molar-refractivity contribution in [2.45, 2.75) is 18.4 Å². The Morgan fingerprint density at radius 2 is 1.84 bits per heavy atom. The summed E-state index contributed by atoms with van der Waals surface area (Å²) in [7, 11) is -0.508. The molecule has 0 spiro atoms. The zero-order chi connectivity index (χ0) is 18.4. The Bertz CT molecular complexity index is 850. The van der Waals surface area contributed by atoms with E-state index in [-0.39, 0.29) is 4.90 Å². The van der Waals surface area contributed by atoms with Crippen LogP contribution in [0.2, 0.25) is 0 Å². The first-order valence-electron chi connectivity index (χ1n) is 7.57. The zero-order valence-corrected chi connectivity index (χ0v) is 15.9. The molecule has 0 aliphatic rings. The topological polar surface area (TPSA) is 79.5 Å². The van der Waals surface area contributed by atoms with Crippen LogP contribution in [0, 0.1) is 6.92 Å². The lowest BCUT2D eigenvalue weighted by Crippen LogP contribution is -2.28. The van der Waals surface area contributed by atoms with Gasteiger partial charge in [-0.2, -0.15) is 0 Å². The third-order valence-electron chi connectivity index (χ3n) is 3.62. The van der Waals surface area contributed by atoms with Crippen molar-refractivity contribution in [3.8, 4) is 5.75 Å². The number of nitrogens with one attached hydrogen (secondary N) is 3. The van der Waals surface area contributed by atoms with E-state index in [2.05, 4.69) is 15.4 Å². The molecule has 0 radical (unpaired) electrons. The number of sulfonamides is 1. The van der Waals surface area contributed by atoms with Crippen LogP contribution in [0.3, 0.4) is 0 Å². The van der Waals surface area contributed by atoms with E-state index in [1.165, 1.54) is 7.05 Å². The average Bonchev–Trinajstić information content (AvgIpc) is 2.62. The first-order chi connectivity index (χ1) is 11.9. The van der Waals surface area contributed by atoms with Gasteiger partial charge in [0.05, 0.1) is 12.0 Å². The molecule has 0 fully saturated rings. The summed E-state index contributed by atoms with van der Waals surface area (Å²) < 4.78 is 31.5. The molecule has 0 unspecified atom stereocenters. The molecule has 3 N–H and O–H groups in total. The van der Waals surface area contributed by atoms with Crippen LogP contribution < -0.4 is 20.1 Å². The summed E-state index contributed by atoms with van der Waals surface area (Å²) in [5.74, 6) is 0.794. The Kier molecular flexibility index (Phi) is 6.35. The van der Waals surface area contributed by atoms with E-state index in [1.807, 2.05) is 24.3 Å². The number of rotatable bonds is 6. The SMILES string of the molecule is CNS(=O)(=O)c1cc(NC(=S)NCc2ccc(OC)cc2)ccc1C. The highest BCUT2D eigenvalue weighted by Crippen LogP contribution is 2.20. The van der Waals surface area contributed by atoms with E-state index in [0.717, 1.165) is 11.3 Å². The Balaban J connectivity index is 2.01. The van der Waals surface area contributed by atoms with Crippen LogP contribution in [0.15, 0.2) is 47.4 Å². The molecule has 0 aliphatic heterocycles. The molecule has 6 nitrogen and oxygen atoms in total. The summed E-state index contributed by atoms with van der Waals surface area (Å²) >= 11 is 5.27. The summed E-state index contributed by atoms with van der Waals surface area (Å²) in [4.78, 5) is 0.220. The first-order valence-corrected chi connectivity index (χ1v) is 9.47. The van der Waals surface area contributed by atoms with Gasteiger partial charge in [0.2, 0.25) is 10.0 Å². The van der Waals surface area contributed by atoms with Crippen molar-refractivity contribution in [3.05, 3.63) is 53.6 Å². The van der Waals surface area contributed by atoms with Crippen molar-refractivity contribution in [2.75, 3.05) is 19.5 Å². The minimum Gasteiger partial charge on any atom is -0.497 e. The maximum Gasteiger partial charge on any atom is 0.240 e. The van der Waals surface area contributed by atoms with Crippen molar-refractivity contribution < 1.29 is 13.2 Å². The van der Waals surface area contributed by atoms with Crippen molar-refractivity contribution in [1.82, 2.24) is 10.0 Å². The van der Waals surface area contributed by atoms with Gasteiger partial charge in [-0.1, -0.05) is 18.2 Å². The second-order valence-electron chi connectivity index (χ2n) is 5.34. The highest BCUT2D eigenvalue weighted by atomic mass is 32.2. The number of ether oxygens (including phenoxy) is 1. The van der Waals surface area contributed by atoms with Gasteiger partial charge in [0.25, 0.3) is 0 Å². The van der Waals surface area contributed by atoms with Crippen molar-refractivity contribution in [2.24, 2.45) is 0 Å². The van der Waals surface area contributed by atoms with Gasteiger partial charge in [-0.05, 0) is 61.6 Å². The van der Waals surface area contributed by atoms with Gasteiger partial charge in [0.15, 0.2) is 5.11 Å². The van der Waals surface area contributed by atoms with E-state index in [0.29, 0.717) is 22.9 Å². The molecule has 0 aliphatic carbocycles. The van der Waals surface area contributed by atoms with Crippen molar-refractivity contribution in [3.63, 3.8) is 0 Å². The molecule has 134 valence electrons. The fourth-order valence-corrected chi connectivity index (χ4v) is 3.36. The van der Waals surface area contributed by atoms with Gasteiger partial charge in [-0.15, -0.1) is 0 Å². The molecule has 0 bridgehead atoms. The van der Waals surface area contributed by atoms with Crippen LogP contribution in [-0.2, 0) is 16.6 Å². The molecule has 2 rings (SSSR count). The molecule has 0 aromatic heterocycles. The molecule has 25 heavy (non-hydrogen) atoms. The number of anilines is 1. The molecular weight excluding hydrogens is 358 g/mol. The molecule has 2 aromatic rings. The molecule has 0 saturated heterocycles. The van der Waals surface area contributed by atoms with Crippen LogP contribution in [0.5, 0.6) is 5.75 Å². The smallest absolute Gasteiger partial charge is 0.240 e. The number of aryl methyl sites for hydroxylation is 1. The normalized spacial score (nSPS) is 11.0. The third-order valence-corrected chi connectivity index (χ3v) is 5.42.